The van der Waals surface area contributed by atoms with E-state index in [2.05, 4.69) is 17.1 Å². The van der Waals surface area contributed by atoms with E-state index in [1.165, 1.54) is 26.2 Å². The number of carbonyl (C=O) groups is 1. The van der Waals surface area contributed by atoms with Crippen LogP contribution in [-0.2, 0) is 14.8 Å². The minimum absolute atomic E-state index is 0.0897. The number of hydrogen-bond donors (Lipinski definition) is 1. The van der Waals surface area contributed by atoms with E-state index in [1.807, 2.05) is 0 Å². The summed E-state index contributed by atoms with van der Waals surface area (Å²) in [5.74, 6) is -2.73. The molecule has 1 aliphatic heterocycles. The highest BCUT2D eigenvalue weighted by Crippen LogP contribution is 2.23. The van der Waals surface area contributed by atoms with E-state index < -0.39 is 33.6 Å². The second-order valence-electron chi connectivity index (χ2n) is 7.57. The lowest BCUT2D eigenvalue weighted by Gasteiger charge is -2.35. The highest BCUT2D eigenvalue weighted by Gasteiger charge is 2.29. The Bertz CT molecular complexity index is 804. The first-order chi connectivity index (χ1) is 13.6. The highest BCUT2D eigenvalue weighted by molar-refractivity contribution is 7.92. The maximum Gasteiger partial charge on any atom is 0.243 e. The van der Waals surface area contributed by atoms with Crippen molar-refractivity contribution < 1.29 is 22.0 Å². The number of hydrogen-bond acceptors (Lipinski definition) is 4. The molecule has 0 radical (unpaired) electrons. The molecule has 1 heterocycles. The molecule has 0 aromatic heterocycles. The molecule has 164 valence electrons. The third-order valence-electron chi connectivity index (χ3n) is 5.39. The molecular formula is C20H31F2N3O3S. The van der Waals surface area contributed by atoms with Gasteiger partial charge in [-0.25, -0.2) is 17.2 Å². The first kappa shape index (κ1) is 23.5. The molecule has 2 rings (SSSR count). The number of likely N-dealkylation sites (tertiary alicyclic amines) is 1. The van der Waals surface area contributed by atoms with Crippen LogP contribution in [0.3, 0.4) is 0 Å². The smallest absolute Gasteiger partial charge is 0.243 e. The minimum Gasteiger partial charge on any atom is -0.354 e. The van der Waals surface area contributed by atoms with Crippen LogP contribution < -0.4 is 9.62 Å². The summed E-state index contributed by atoms with van der Waals surface area (Å²) in [4.78, 5) is 15.0. The molecule has 29 heavy (non-hydrogen) atoms. The van der Waals surface area contributed by atoms with Gasteiger partial charge >= 0.3 is 0 Å². The second-order valence-corrected chi connectivity index (χ2v) is 9.43. The van der Waals surface area contributed by atoms with Crippen molar-refractivity contribution in [2.75, 3.05) is 30.2 Å². The summed E-state index contributed by atoms with van der Waals surface area (Å²) >= 11 is 0. The number of carbonyl (C=O) groups excluding carboxylic acids is 1. The number of benzene rings is 1. The van der Waals surface area contributed by atoms with E-state index in [-0.39, 0.29) is 5.69 Å². The van der Waals surface area contributed by atoms with E-state index in [9.17, 15) is 22.0 Å². The standard InChI is InChI=1S/C20H31F2N3O3S/c1-4-16-8-5-6-12-24(16)13-7-11-23-20(26)15(2)25(29(3,27)28)17-9-10-18(21)19(22)14-17/h9-10,14-16H,4-8,11-13H2,1-3H3,(H,23,26)/t15-,16+/m1/s1. The molecule has 2 atom stereocenters. The van der Waals surface area contributed by atoms with Gasteiger partial charge in [-0.2, -0.15) is 0 Å². The van der Waals surface area contributed by atoms with Crippen LogP contribution in [0.2, 0.25) is 0 Å². The van der Waals surface area contributed by atoms with Gasteiger partial charge in [0.1, 0.15) is 6.04 Å². The molecule has 0 unspecified atom stereocenters. The van der Waals surface area contributed by atoms with Crippen molar-refractivity contribution in [1.82, 2.24) is 10.2 Å². The van der Waals surface area contributed by atoms with Gasteiger partial charge in [-0.3, -0.25) is 9.10 Å². The van der Waals surface area contributed by atoms with Gasteiger partial charge in [-0.15, -0.1) is 0 Å². The molecule has 1 fully saturated rings. The molecule has 0 saturated carbocycles. The Balaban J connectivity index is 1.96. The average molecular weight is 432 g/mol. The third kappa shape index (κ3) is 6.37. The first-order valence-corrected chi connectivity index (χ1v) is 12.0. The molecule has 1 aromatic rings. The Kier molecular flexibility index (Phi) is 8.39. The van der Waals surface area contributed by atoms with Gasteiger partial charge < -0.3 is 10.2 Å². The lowest BCUT2D eigenvalue weighted by atomic mass is 10.00. The average Bonchev–Trinajstić information content (AvgIpc) is 2.67. The number of amides is 1. The third-order valence-corrected chi connectivity index (χ3v) is 6.63. The molecule has 1 N–H and O–H groups in total. The van der Waals surface area contributed by atoms with Crippen molar-refractivity contribution in [3.63, 3.8) is 0 Å². The number of sulfonamides is 1. The van der Waals surface area contributed by atoms with Crippen LogP contribution in [-0.4, -0.2) is 57.2 Å². The summed E-state index contributed by atoms with van der Waals surface area (Å²) in [6, 6.07) is 2.27. The number of piperidine rings is 1. The van der Waals surface area contributed by atoms with Crippen molar-refractivity contribution in [2.45, 2.75) is 58.0 Å². The second kappa shape index (κ2) is 10.3. The van der Waals surface area contributed by atoms with Crippen LogP contribution in [0.5, 0.6) is 0 Å². The molecule has 6 nitrogen and oxygen atoms in total. The van der Waals surface area contributed by atoms with Gasteiger partial charge in [0.2, 0.25) is 15.9 Å². The Morgan fingerprint density at radius 2 is 2.03 bits per heavy atom. The molecule has 9 heteroatoms. The zero-order valence-corrected chi connectivity index (χ0v) is 18.1. The van der Waals surface area contributed by atoms with Crippen LogP contribution in [0, 0.1) is 11.6 Å². The number of anilines is 1. The first-order valence-electron chi connectivity index (χ1n) is 10.1. The molecule has 1 aliphatic rings. The lowest BCUT2D eigenvalue weighted by molar-refractivity contribution is -0.121. The fourth-order valence-corrected chi connectivity index (χ4v) is 5.06. The summed E-state index contributed by atoms with van der Waals surface area (Å²) in [6.07, 6.45) is 6.46. The normalized spacial score (nSPS) is 19.0. The van der Waals surface area contributed by atoms with Crippen molar-refractivity contribution >= 4 is 21.6 Å². The van der Waals surface area contributed by atoms with Gasteiger partial charge in [-0.05, 0) is 51.3 Å². The summed E-state index contributed by atoms with van der Waals surface area (Å²) in [6.45, 7) is 5.98. The predicted octanol–water partition coefficient (Wildman–Crippen LogP) is 2.89. The van der Waals surface area contributed by atoms with Gasteiger partial charge in [0.15, 0.2) is 11.6 Å². The van der Waals surface area contributed by atoms with Crippen LogP contribution in [0.1, 0.15) is 46.0 Å². The molecule has 1 aromatic carbocycles. The zero-order valence-electron chi connectivity index (χ0n) is 17.3. The van der Waals surface area contributed by atoms with E-state index in [0.29, 0.717) is 12.6 Å². The molecule has 1 saturated heterocycles. The SMILES string of the molecule is CC[C@H]1CCCCN1CCCNC(=O)[C@@H](C)N(c1ccc(F)c(F)c1)S(C)(=O)=O. The predicted molar refractivity (Wildman–Crippen MR) is 110 cm³/mol. The van der Waals surface area contributed by atoms with Crippen molar-refractivity contribution in [2.24, 2.45) is 0 Å². The van der Waals surface area contributed by atoms with Crippen LogP contribution in [0.15, 0.2) is 18.2 Å². The van der Waals surface area contributed by atoms with E-state index >= 15 is 0 Å². The van der Waals surface area contributed by atoms with Crippen molar-refractivity contribution in [3.05, 3.63) is 29.8 Å². The largest absolute Gasteiger partial charge is 0.354 e. The summed E-state index contributed by atoms with van der Waals surface area (Å²) in [7, 11) is -3.88. The number of halogens is 2. The maximum absolute atomic E-state index is 13.6. The Morgan fingerprint density at radius 3 is 2.66 bits per heavy atom. The van der Waals surface area contributed by atoms with Gasteiger partial charge in [-0.1, -0.05) is 13.3 Å². The maximum atomic E-state index is 13.6. The Labute approximate surface area is 172 Å². The lowest BCUT2D eigenvalue weighted by Crippen LogP contribution is -2.48. The van der Waals surface area contributed by atoms with E-state index in [4.69, 9.17) is 0 Å². The van der Waals surface area contributed by atoms with Gasteiger partial charge in [0, 0.05) is 25.2 Å². The van der Waals surface area contributed by atoms with Crippen LogP contribution >= 0.6 is 0 Å². The zero-order chi connectivity index (χ0) is 21.6. The van der Waals surface area contributed by atoms with Gasteiger partial charge in [0.25, 0.3) is 0 Å². The van der Waals surface area contributed by atoms with Gasteiger partial charge in [0.05, 0.1) is 11.9 Å². The molecular weight excluding hydrogens is 400 g/mol. The quantitative estimate of drug-likeness (QED) is 0.611. The number of nitrogens with one attached hydrogen (secondary N) is 1. The fraction of sp³-hybridized carbons (Fsp3) is 0.650. The van der Waals surface area contributed by atoms with Crippen LogP contribution in [0.25, 0.3) is 0 Å². The van der Waals surface area contributed by atoms with E-state index in [0.717, 1.165) is 54.7 Å². The Morgan fingerprint density at radius 1 is 1.31 bits per heavy atom. The molecule has 1 amide bonds. The summed E-state index contributed by atoms with van der Waals surface area (Å²) in [5.41, 5.74) is -0.0897. The molecule has 0 bridgehead atoms. The number of nitrogens with zero attached hydrogens (tertiary/aromatic N) is 2. The molecule has 0 aliphatic carbocycles. The van der Waals surface area contributed by atoms with Crippen molar-refractivity contribution in [3.8, 4) is 0 Å². The topological polar surface area (TPSA) is 69.7 Å². The number of rotatable bonds is 9. The summed E-state index contributed by atoms with van der Waals surface area (Å²) in [5, 5.41) is 2.76. The monoisotopic (exact) mass is 431 g/mol. The molecule has 0 spiro atoms. The summed E-state index contributed by atoms with van der Waals surface area (Å²) < 4.78 is 52.0. The Hall–Kier alpha value is -1.74. The highest BCUT2D eigenvalue weighted by atomic mass is 32.2. The van der Waals surface area contributed by atoms with Crippen LogP contribution in [0.4, 0.5) is 14.5 Å². The van der Waals surface area contributed by atoms with E-state index in [1.54, 1.807) is 0 Å². The fourth-order valence-electron chi connectivity index (χ4n) is 3.89. The minimum atomic E-state index is -3.88. The van der Waals surface area contributed by atoms with Crippen molar-refractivity contribution in [1.29, 1.82) is 0 Å².